The lowest BCUT2D eigenvalue weighted by molar-refractivity contribution is -0.128. The molecule has 1 aromatic heterocycles. The third kappa shape index (κ3) is 5.13. The molecule has 0 radical (unpaired) electrons. The number of oxazole rings is 1. The summed E-state index contributed by atoms with van der Waals surface area (Å²) in [5, 5.41) is 0. The number of carbonyl (C=O) groups is 1. The highest BCUT2D eigenvalue weighted by Gasteiger charge is 2.25. The first-order valence-corrected chi connectivity index (χ1v) is 11.3. The van der Waals surface area contributed by atoms with Crippen molar-refractivity contribution in [2.24, 2.45) is 0 Å². The second kappa shape index (κ2) is 8.77. The van der Waals surface area contributed by atoms with E-state index in [2.05, 4.69) is 4.98 Å². The van der Waals surface area contributed by atoms with Crippen molar-refractivity contribution in [3.05, 3.63) is 35.7 Å². The van der Waals surface area contributed by atoms with Crippen molar-refractivity contribution in [3.63, 3.8) is 0 Å². The van der Waals surface area contributed by atoms with Crippen molar-refractivity contribution in [2.45, 2.75) is 38.4 Å². The Hall–Kier alpha value is -2.35. The summed E-state index contributed by atoms with van der Waals surface area (Å²) in [7, 11) is -2.07. The van der Waals surface area contributed by atoms with Crippen LogP contribution < -0.4 is 4.74 Å². The van der Waals surface area contributed by atoms with E-state index in [0.29, 0.717) is 41.7 Å². The minimum absolute atomic E-state index is 0.314. The fourth-order valence-electron chi connectivity index (χ4n) is 3.30. The highest BCUT2D eigenvalue weighted by atomic mass is 32.2. The molecule has 0 unspecified atom stereocenters. The number of aryl methyl sites for hydroxylation is 1. The van der Waals surface area contributed by atoms with Gasteiger partial charge in [0.1, 0.15) is 17.3 Å². The van der Waals surface area contributed by atoms with Crippen LogP contribution in [-0.4, -0.2) is 50.2 Å². The number of amides is 1. The first kappa shape index (κ1) is 20.4. The minimum Gasteiger partial charge on any atom is -0.497 e. The van der Waals surface area contributed by atoms with Crippen LogP contribution in [0, 0.1) is 6.92 Å². The van der Waals surface area contributed by atoms with Crippen LogP contribution in [0.1, 0.15) is 37.1 Å². The molecule has 1 saturated heterocycles. The summed E-state index contributed by atoms with van der Waals surface area (Å²) >= 11 is 0. The maximum absolute atomic E-state index is 12.6. The molecule has 1 amide bonds. The lowest BCUT2D eigenvalue weighted by Crippen LogP contribution is -2.36. The number of hydrogen-bond donors (Lipinski definition) is 0. The number of ether oxygens (including phenoxy) is 1. The topological polar surface area (TPSA) is 89.7 Å². The van der Waals surface area contributed by atoms with Gasteiger partial charge in [-0.3, -0.25) is 4.79 Å². The largest absolute Gasteiger partial charge is 0.497 e. The molecule has 3 rings (SSSR count). The Balaban J connectivity index is 1.71. The second-order valence-electron chi connectivity index (χ2n) is 7.08. The molecule has 2 aromatic rings. The Bertz CT molecular complexity index is 928. The highest BCUT2D eigenvalue weighted by molar-refractivity contribution is 7.91. The van der Waals surface area contributed by atoms with E-state index in [9.17, 15) is 13.2 Å². The summed E-state index contributed by atoms with van der Waals surface area (Å²) in [6.07, 6.45) is 4.03. The zero-order valence-corrected chi connectivity index (χ0v) is 17.1. The van der Waals surface area contributed by atoms with Gasteiger partial charge in [-0.1, -0.05) is 18.9 Å². The lowest BCUT2D eigenvalue weighted by Gasteiger charge is -2.20. The molecule has 1 aromatic carbocycles. The number of methoxy groups -OCH3 is 1. The van der Waals surface area contributed by atoms with Gasteiger partial charge in [-0.25, -0.2) is 13.4 Å². The average Bonchev–Trinajstić information content (AvgIpc) is 2.87. The molecule has 0 atom stereocenters. The molecule has 2 heterocycles. The first-order valence-electron chi connectivity index (χ1n) is 9.47. The molecule has 1 aliphatic heterocycles. The summed E-state index contributed by atoms with van der Waals surface area (Å²) in [4.78, 5) is 18.4. The standard InChI is InChI=1S/C20H26N2O5S/c1-15-18(21-20(27-15)16-8-7-9-17(12-16)26-2)13-28(24,25)14-19(23)22-10-5-3-4-6-11-22/h7-9,12H,3-6,10-11,13-14H2,1-2H3. The Labute approximate surface area is 165 Å². The molecule has 0 bridgehead atoms. The molecule has 1 fully saturated rings. The zero-order valence-electron chi connectivity index (χ0n) is 16.3. The van der Waals surface area contributed by atoms with Crippen LogP contribution in [0.3, 0.4) is 0 Å². The van der Waals surface area contributed by atoms with E-state index in [-0.39, 0.29) is 11.7 Å². The van der Waals surface area contributed by atoms with Crippen molar-refractivity contribution in [1.29, 1.82) is 0 Å². The molecule has 0 saturated carbocycles. The van der Waals surface area contributed by atoms with E-state index in [1.165, 1.54) is 0 Å². The van der Waals surface area contributed by atoms with Gasteiger partial charge >= 0.3 is 0 Å². The highest BCUT2D eigenvalue weighted by Crippen LogP contribution is 2.26. The molecule has 1 aliphatic rings. The van der Waals surface area contributed by atoms with Crippen LogP contribution in [0.15, 0.2) is 28.7 Å². The van der Waals surface area contributed by atoms with Crippen LogP contribution in [-0.2, 0) is 20.4 Å². The van der Waals surface area contributed by atoms with E-state index >= 15 is 0 Å². The number of carbonyl (C=O) groups excluding carboxylic acids is 1. The van der Waals surface area contributed by atoms with Crippen LogP contribution >= 0.6 is 0 Å². The van der Waals surface area contributed by atoms with Crippen LogP contribution in [0.25, 0.3) is 11.5 Å². The second-order valence-corrected chi connectivity index (χ2v) is 9.15. The van der Waals surface area contributed by atoms with Crippen LogP contribution in [0.5, 0.6) is 5.75 Å². The van der Waals surface area contributed by atoms with Gasteiger partial charge in [-0.05, 0) is 38.0 Å². The lowest BCUT2D eigenvalue weighted by atomic mass is 10.2. The van der Waals surface area contributed by atoms with Crippen molar-refractivity contribution >= 4 is 15.7 Å². The van der Waals surface area contributed by atoms with Gasteiger partial charge in [-0.15, -0.1) is 0 Å². The van der Waals surface area contributed by atoms with Gasteiger partial charge < -0.3 is 14.1 Å². The fraction of sp³-hybridized carbons (Fsp3) is 0.500. The number of rotatable bonds is 6. The number of likely N-dealkylation sites (tertiary alicyclic amines) is 1. The summed E-state index contributed by atoms with van der Waals surface area (Å²) in [6.45, 7) is 2.95. The Kier molecular flexibility index (Phi) is 6.39. The third-order valence-corrected chi connectivity index (χ3v) is 6.27. The molecule has 0 N–H and O–H groups in total. The normalized spacial score (nSPS) is 15.3. The number of benzene rings is 1. The number of hydrogen-bond acceptors (Lipinski definition) is 6. The maximum atomic E-state index is 12.6. The van der Waals surface area contributed by atoms with Crippen molar-refractivity contribution in [1.82, 2.24) is 9.88 Å². The third-order valence-electron chi connectivity index (χ3n) is 4.87. The van der Waals surface area contributed by atoms with Gasteiger partial charge in [-0.2, -0.15) is 0 Å². The SMILES string of the molecule is COc1cccc(-c2nc(CS(=O)(=O)CC(=O)N3CCCCCC3)c(C)o2)c1. The molecule has 0 spiro atoms. The predicted molar refractivity (Wildman–Crippen MR) is 106 cm³/mol. The number of aromatic nitrogens is 1. The van der Waals surface area contributed by atoms with Gasteiger partial charge in [0, 0.05) is 18.7 Å². The van der Waals surface area contributed by atoms with Crippen LogP contribution in [0.4, 0.5) is 0 Å². The van der Waals surface area contributed by atoms with E-state index < -0.39 is 15.6 Å². The minimum atomic E-state index is -3.64. The summed E-state index contributed by atoms with van der Waals surface area (Å²) < 4.78 is 36.0. The summed E-state index contributed by atoms with van der Waals surface area (Å²) in [5.41, 5.74) is 1.04. The molecular formula is C20H26N2O5S. The molecule has 152 valence electrons. The van der Waals surface area contributed by atoms with E-state index in [1.807, 2.05) is 12.1 Å². The molecule has 0 aliphatic carbocycles. The molecule has 28 heavy (non-hydrogen) atoms. The van der Waals surface area contributed by atoms with E-state index in [0.717, 1.165) is 25.7 Å². The van der Waals surface area contributed by atoms with Gasteiger partial charge in [0.05, 0.1) is 18.6 Å². The number of nitrogens with zero attached hydrogens (tertiary/aromatic N) is 2. The van der Waals surface area contributed by atoms with E-state index in [1.54, 1.807) is 31.1 Å². The number of sulfone groups is 1. The smallest absolute Gasteiger partial charge is 0.237 e. The molecule has 7 nitrogen and oxygen atoms in total. The predicted octanol–water partition coefficient (Wildman–Crippen LogP) is 2.98. The maximum Gasteiger partial charge on any atom is 0.237 e. The van der Waals surface area contributed by atoms with Crippen LogP contribution in [0.2, 0.25) is 0 Å². The summed E-state index contributed by atoms with van der Waals surface area (Å²) in [6, 6.07) is 7.20. The van der Waals surface area contributed by atoms with Crippen molar-refractivity contribution in [3.8, 4) is 17.2 Å². The monoisotopic (exact) mass is 406 g/mol. The fourth-order valence-corrected chi connectivity index (χ4v) is 4.65. The van der Waals surface area contributed by atoms with Gasteiger partial charge in [0.25, 0.3) is 0 Å². The quantitative estimate of drug-likeness (QED) is 0.733. The summed E-state index contributed by atoms with van der Waals surface area (Å²) in [5.74, 6) is 0.297. The molecule has 8 heteroatoms. The first-order chi connectivity index (χ1) is 13.4. The van der Waals surface area contributed by atoms with E-state index in [4.69, 9.17) is 9.15 Å². The Morgan fingerprint density at radius 2 is 1.93 bits per heavy atom. The molecular weight excluding hydrogens is 380 g/mol. The Morgan fingerprint density at radius 3 is 2.61 bits per heavy atom. The van der Waals surface area contributed by atoms with Gasteiger partial charge in [0.2, 0.25) is 11.8 Å². The zero-order chi connectivity index (χ0) is 20.1. The van der Waals surface area contributed by atoms with Crippen molar-refractivity contribution < 1.29 is 22.4 Å². The van der Waals surface area contributed by atoms with Gasteiger partial charge in [0.15, 0.2) is 9.84 Å². The van der Waals surface area contributed by atoms with Crippen molar-refractivity contribution in [2.75, 3.05) is 26.0 Å². The average molecular weight is 407 g/mol. The Morgan fingerprint density at radius 1 is 1.21 bits per heavy atom.